The number of aliphatic hydroxyl groups excluding tert-OH is 1. The molecule has 35 heavy (non-hydrogen) atoms. The summed E-state index contributed by atoms with van der Waals surface area (Å²) >= 11 is 6.00. The number of halogens is 1. The van der Waals surface area contributed by atoms with Crippen molar-refractivity contribution >= 4 is 35.0 Å². The second kappa shape index (κ2) is 9.71. The van der Waals surface area contributed by atoms with Crippen molar-refractivity contribution in [1.29, 1.82) is 0 Å². The SMILES string of the molecule is CCCNC(=O)[C@@H]1[C@H]2C(=O)N([C@@H](CO)C(C)C)C(C(=O)Nc3ccc(Cl)cc3)C23CC[C@@]1(CC)O3. The highest BCUT2D eigenvalue weighted by Crippen LogP contribution is 2.64. The van der Waals surface area contributed by atoms with E-state index in [4.69, 9.17) is 16.3 Å². The van der Waals surface area contributed by atoms with E-state index in [1.807, 2.05) is 27.7 Å². The van der Waals surface area contributed by atoms with Gasteiger partial charge in [0.05, 0.1) is 30.1 Å². The first-order valence-electron chi connectivity index (χ1n) is 12.6. The molecule has 0 aromatic heterocycles. The zero-order valence-corrected chi connectivity index (χ0v) is 21.6. The average Bonchev–Trinajstić information content (AvgIpc) is 3.43. The van der Waals surface area contributed by atoms with Crippen LogP contribution in [0, 0.1) is 17.8 Å². The van der Waals surface area contributed by atoms with Crippen molar-refractivity contribution in [3.8, 4) is 0 Å². The van der Waals surface area contributed by atoms with Gasteiger partial charge in [0.1, 0.15) is 11.6 Å². The van der Waals surface area contributed by atoms with E-state index in [-0.39, 0.29) is 30.2 Å². The molecule has 1 aromatic rings. The Morgan fingerprint density at radius 2 is 1.89 bits per heavy atom. The molecule has 3 amide bonds. The quantitative estimate of drug-likeness (QED) is 0.478. The van der Waals surface area contributed by atoms with Gasteiger partial charge in [-0.05, 0) is 55.9 Å². The minimum Gasteiger partial charge on any atom is -0.394 e. The Balaban J connectivity index is 1.78. The number of nitrogens with zero attached hydrogens (tertiary/aromatic N) is 1. The Hall–Kier alpha value is -2.16. The minimum absolute atomic E-state index is 0.102. The molecule has 3 saturated heterocycles. The van der Waals surface area contributed by atoms with Gasteiger partial charge in [-0.3, -0.25) is 14.4 Å². The second-order valence-electron chi connectivity index (χ2n) is 10.4. The summed E-state index contributed by atoms with van der Waals surface area (Å²) in [7, 11) is 0. The molecule has 3 heterocycles. The predicted molar refractivity (Wildman–Crippen MR) is 133 cm³/mol. The van der Waals surface area contributed by atoms with Crippen LogP contribution in [0.1, 0.15) is 53.4 Å². The maximum atomic E-state index is 14.1. The maximum Gasteiger partial charge on any atom is 0.250 e. The molecule has 3 aliphatic rings. The van der Waals surface area contributed by atoms with Gasteiger partial charge in [0.2, 0.25) is 17.7 Å². The molecule has 9 heteroatoms. The largest absolute Gasteiger partial charge is 0.394 e. The summed E-state index contributed by atoms with van der Waals surface area (Å²) < 4.78 is 6.71. The Morgan fingerprint density at radius 1 is 1.20 bits per heavy atom. The number of hydrogen-bond acceptors (Lipinski definition) is 5. The molecular weight excluding hydrogens is 470 g/mol. The summed E-state index contributed by atoms with van der Waals surface area (Å²) in [4.78, 5) is 42.9. The number of amides is 3. The lowest BCUT2D eigenvalue weighted by atomic mass is 9.65. The van der Waals surface area contributed by atoms with Crippen molar-refractivity contribution in [3.05, 3.63) is 29.3 Å². The van der Waals surface area contributed by atoms with Crippen LogP contribution in [0.3, 0.4) is 0 Å². The first-order valence-corrected chi connectivity index (χ1v) is 13.0. The third-order valence-corrected chi connectivity index (χ3v) is 8.38. The van der Waals surface area contributed by atoms with E-state index in [0.717, 1.165) is 6.42 Å². The zero-order valence-electron chi connectivity index (χ0n) is 20.8. The summed E-state index contributed by atoms with van der Waals surface area (Å²) in [6.07, 6.45) is 2.45. The fraction of sp³-hybridized carbons (Fsp3) is 0.654. The summed E-state index contributed by atoms with van der Waals surface area (Å²) in [5.74, 6) is -2.43. The van der Waals surface area contributed by atoms with Crippen molar-refractivity contribution in [2.45, 2.75) is 76.7 Å². The number of nitrogens with one attached hydrogen (secondary N) is 2. The number of rotatable bonds is 9. The molecule has 192 valence electrons. The second-order valence-corrected chi connectivity index (χ2v) is 10.8. The number of carbonyl (C=O) groups excluding carboxylic acids is 3. The van der Waals surface area contributed by atoms with Crippen LogP contribution in [0.15, 0.2) is 24.3 Å². The van der Waals surface area contributed by atoms with Gasteiger partial charge in [-0.15, -0.1) is 0 Å². The Morgan fingerprint density at radius 3 is 2.46 bits per heavy atom. The predicted octanol–water partition coefficient (Wildman–Crippen LogP) is 2.98. The molecule has 0 aliphatic carbocycles. The van der Waals surface area contributed by atoms with E-state index in [0.29, 0.717) is 36.5 Å². The van der Waals surface area contributed by atoms with E-state index in [9.17, 15) is 19.5 Å². The molecular formula is C26H36ClN3O5. The normalized spacial score (nSPS) is 32.1. The lowest BCUT2D eigenvalue weighted by Gasteiger charge is -2.38. The molecule has 2 bridgehead atoms. The molecule has 2 unspecified atom stereocenters. The number of likely N-dealkylation sites (tertiary alicyclic amines) is 1. The highest BCUT2D eigenvalue weighted by molar-refractivity contribution is 6.30. The Kier molecular flexibility index (Phi) is 7.19. The molecule has 8 nitrogen and oxygen atoms in total. The number of fused-ring (bicyclic) bond motifs is 1. The smallest absolute Gasteiger partial charge is 0.250 e. The van der Waals surface area contributed by atoms with Crippen LogP contribution in [0.4, 0.5) is 5.69 Å². The van der Waals surface area contributed by atoms with Crippen LogP contribution in [0.5, 0.6) is 0 Å². The van der Waals surface area contributed by atoms with Crippen LogP contribution >= 0.6 is 11.6 Å². The van der Waals surface area contributed by atoms with E-state index in [1.165, 1.54) is 4.90 Å². The van der Waals surface area contributed by atoms with E-state index < -0.39 is 35.1 Å². The van der Waals surface area contributed by atoms with Crippen molar-refractivity contribution < 1.29 is 24.2 Å². The highest BCUT2D eigenvalue weighted by Gasteiger charge is 2.79. The molecule has 3 N–H and O–H groups in total. The van der Waals surface area contributed by atoms with Crippen molar-refractivity contribution in [3.63, 3.8) is 0 Å². The molecule has 3 fully saturated rings. The highest BCUT2D eigenvalue weighted by atomic mass is 35.5. The molecule has 4 rings (SSSR count). The fourth-order valence-corrected chi connectivity index (χ4v) is 6.56. The number of carbonyl (C=O) groups is 3. The van der Waals surface area contributed by atoms with Crippen LogP contribution in [-0.4, -0.2) is 64.2 Å². The number of ether oxygens (including phenoxy) is 1. The number of hydrogen-bond donors (Lipinski definition) is 3. The first-order chi connectivity index (χ1) is 16.7. The van der Waals surface area contributed by atoms with Gasteiger partial charge >= 0.3 is 0 Å². The summed E-state index contributed by atoms with van der Waals surface area (Å²) in [6.45, 7) is 7.98. The first kappa shape index (κ1) is 25.9. The van der Waals surface area contributed by atoms with E-state index in [1.54, 1.807) is 24.3 Å². The van der Waals surface area contributed by atoms with Crippen molar-refractivity contribution in [2.75, 3.05) is 18.5 Å². The number of anilines is 1. The molecule has 1 aromatic carbocycles. The third-order valence-electron chi connectivity index (χ3n) is 8.12. The zero-order chi connectivity index (χ0) is 25.5. The lowest BCUT2D eigenvalue weighted by molar-refractivity contribution is -0.150. The van der Waals surface area contributed by atoms with Gasteiger partial charge in [-0.25, -0.2) is 0 Å². The van der Waals surface area contributed by atoms with Gasteiger partial charge < -0.3 is 25.4 Å². The summed E-state index contributed by atoms with van der Waals surface area (Å²) in [5, 5.41) is 16.7. The fourth-order valence-electron chi connectivity index (χ4n) is 6.43. The van der Waals surface area contributed by atoms with Crippen molar-refractivity contribution in [2.24, 2.45) is 17.8 Å². The maximum absolute atomic E-state index is 14.1. The monoisotopic (exact) mass is 505 g/mol. The molecule has 6 atom stereocenters. The van der Waals surface area contributed by atoms with Gasteiger partial charge in [-0.1, -0.05) is 39.3 Å². The number of aliphatic hydroxyl groups is 1. The van der Waals surface area contributed by atoms with E-state index in [2.05, 4.69) is 10.6 Å². The average molecular weight is 506 g/mol. The molecule has 0 radical (unpaired) electrons. The van der Waals surface area contributed by atoms with Crippen LogP contribution in [0.2, 0.25) is 5.02 Å². The Bertz CT molecular complexity index is 986. The topological polar surface area (TPSA) is 108 Å². The van der Waals surface area contributed by atoms with Gasteiger partial charge in [-0.2, -0.15) is 0 Å². The van der Waals surface area contributed by atoms with E-state index >= 15 is 0 Å². The molecule has 1 spiro atoms. The van der Waals surface area contributed by atoms with Gasteiger partial charge in [0.25, 0.3) is 0 Å². The number of benzene rings is 1. The summed E-state index contributed by atoms with van der Waals surface area (Å²) in [6, 6.07) is 5.21. The van der Waals surface area contributed by atoms with Crippen LogP contribution in [0.25, 0.3) is 0 Å². The Labute approximate surface area is 211 Å². The lowest BCUT2D eigenvalue weighted by Crippen LogP contribution is -2.57. The van der Waals surface area contributed by atoms with Crippen LogP contribution < -0.4 is 10.6 Å². The van der Waals surface area contributed by atoms with Crippen molar-refractivity contribution in [1.82, 2.24) is 10.2 Å². The summed E-state index contributed by atoms with van der Waals surface area (Å²) in [5.41, 5.74) is -1.36. The standard InChI is InChI=1S/C26H36ClN3O5/c1-5-13-28-22(32)19-20-24(34)30(18(14-31)15(3)4)21(26(20)12-11-25(19,6-2)35-26)23(33)29-17-9-7-16(27)8-10-17/h7-10,15,18-21,31H,5-6,11-14H2,1-4H3,(H,28,32)(H,29,33)/t18-,19-,20-,21?,25+,26?/m0/s1. The minimum atomic E-state index is -1.12. The third kappa shape index (κ3) is 4.03. The molecule has 3 aliphatic heterocycles. The molecule has 0 saturated carbocycles. The van der Waals surface area contributed by atoms with Crippen LogP contribution in [-0.2, 0) is 19.1 Å². The van der Waals surface area contributed by atoms with Gasteiger partial charge in [0.15, 0.2) is 0 Å². The van der Waals surface area contributed by atoms with Gasteiger partial charge in [0, 0.05) is 17.3 Å².